The molecule has 0 bridgehead atoms. The van der Waals surface area contributed by atoms with Crippen molar-refractivity contribution in [2.24, 2.45) is 0 Å². The van der Waals surface area contributed by atoms with Gasteiger partial charge in [0, 0.05) is 36.1 Å². The molecule has 0 unspecified atom stereocenters. The Hall–Kier alpha value is -3.16. The fourth-order valence-electron chi connectivity index (χ4n) is 2.70. The van der Waals surface area contributed by atoms with Gasteiger partial charge in [-0.25, -0.2) is 14.7 Å². The van der Waals surface area contributed by atoms with Crippen molar-refractivity contribution >= 4 is 40.8 Å². The van der Waals surface area contributed by atoms with E-state index in [4.69, 9.17) is 16.3 Å². The number of aromatic nitrogens is 2. The third kappa shape index (κ3) is 5.66. The van der Waals surface area contributed by atoms with Crippen molar-refractivity contribution in [3.63, 3.8) is 0 Å². The number of nitrogens with zero attached hydrogens (tertiary/aromatic N) is 3. The standard InChI is InChI=1S/C21H22ClN5O2/c1-15(14-29-2)24-20-23-13-12-19(26-20)27(18-6-4-3-5-7-18)21(28)25-17-10-8-16(22)9-11-17/h3-13,15H,14H2,1-2H3,(H,25,28)(H,23,24,26)/t15-/m0/s1. The number of nitrogens with one attached hydrogen (secondary N) is 2. The number of carbonyl (C=O) groups is 1. The number of hydrogen-bond donors (Lipinski definition) is 2. The predicted molar refractivity (Wildman–Crippen MR) is 116 cm³/mol. The van der Waals surface area contributed by atoms with Crippen LogP contribution in [0.5, 0.6) is 0 Å². The van der Waals surface area contributed by atoms with E-state index in [1.165, 1.54) is 4.90 Å². The summed E-state index contributed by atoms with van der Waals surface area (Å²) >= 11 is 5.93. The fraction of sp³-hybridized carbons (Fsp3) is 0.190. The number of urea groups is 1. The first-order chi connectivity index (χ1) is 14.1. The van der Waals surface area contributed by atoms with Crippen molar-refractivity contribution in [1.29, 1.82) is 0 Å². The quantitative estimate of drug-likeness (QED) is 0.575. The summed E-state index contributed by atoms with van der Waals surface area (Å²) in [7, 11) is 1.63. The maximum atomic E-state index is 13.1. The average Bonchev–Trinajstić information content (AvgIpc) is 2.71. The molecule has 150 valence electrons. The van der Waals surface area contributed by atoms with Crippen LogP contribution in [0.4, 0.5) is 27.9 Å². The molecule has 29 heavy (non-hydrogen) atoms. The van der Waals surface area contributed by atoms with E-state index < -0.39 is 0 Å². The van der Waals surface area contributed by atoms with Crippen molar-refractivity contribution in [3.05, 3.63) is 71.9 Å². The van der Waals surface area contributed by atoms with E-state index in [9.17, 15) is 4.79 Å². The fourth-order valence-corrected chi connectivity index (χ4v) is 2.82. The SMILES string of the molecule is COC[C@H](C)Nc1nccc(N(C(=O)Nc2ccc(Cl)cc2)c2ccccc2)n1. The lowest BCUT2D eigenvalue weighted by molar-refractivity contribution is 0.190. The maximum absolute atomic E-state index is 13.1. The highest BCUT2D eigenvalue weighted by Gasteiger charge is 2.20. The molecule has 8 heteroatoms. The Labute approximate surface area is 174 Å². The van der Waals surface area contributed by atoms with Crippen molar-refractivity contribution in [2.45, 2.75) is 13.0 Å². The van der Waals surface area contributed by atoms with Gasteiger partial charge in [0.1, 0.15) is 5.82 Å². The largest absolute Gasteiger partial charge is 0.383 e. The highest BCUT2D eigenvalue weighted by molar-refractivity contribution is 6.30. The van der Waals surface area contributed by atoms with Crippen LogP contribution in [0.25, 0.3) is 0 Å². The first-order valence-electron chi connectivity index (χ1n) is 9.07. The molecule has 1 atom stereocenters. The molecule has 7 nitrogen and oxygen atoms in total. The second kappa shape index (κ2) is 9.86. The summed E-state index contributed by atoms with van der Waals surface area (Å²) in [5.74, 6) is 0.844. The van der Waals surface area contributed by atoms with Gasteiger partial charge in [0.25, 0.3) is 0 Å². The molecule has 0 aliphatic heterocycles. The molecule has 2 N–H and O–H groups in total. The van der Waals surface area contributed by atoms with Gasteiger partial charge < -0.3 is 15.4 Å². The summed E-state index contributed by atoms with van der Waals surface area (Å²) in [5, 5.41) is 6.64. The number of carbonyl (C=O) groups excluding carboxylic acids is 1. The number of rotatable bonds is 7. The van der Waals surface area contributed by atoms with E-state index in [-0.39, 0.29) is 12.1 Å². The van der Waals surface area contributed by atoms with Crippen molar-refractivity contribution in [2.75, 3.05) is 29.3 Å². The molecule has 2 amide bonds. The highest BCUT2D eigenvalue weighted by Crippen LogP contribution is 2.25. The van der Waals surface area contributed by atoms with Gasteiger partial charge in [-0.2, -0.15) is 4.98 Å². The van der Waals surface area contributed by atoms with Gasteiger partial charge in [-0.15, -0.1) is 0 Å². The van der Waals surface area contributed by atoms with Crippen LogP contribution in [0.15, 0.2) is 66.9 Å². The Bertz CT molecular complexity index is 937. The van der Waals surface area contributed by atoms with Gasteiger partial charge in [-0.3, -0.25) is 0 Å². The number of anilines is 4. The zero-order valence-corrected chi connectivity index (χ0v) is 16.9. The zero-order valence-electron chi connectivity index (χ0n) is 16.2. The molecule has 3 aromatic rings. The van der Waals surface area contributed by atoms with Crippen LogP contribution in [-0.4, -0.2) is 35.8 Å². The summed E-state index contributed by atoms with van der Waals surface area (Å²) in [6.07, 6.45) is 1.61. The van der Waals surface area contributed by atoms with Crippen molar-refractivity contribution < 1.29 is 9.53 Å². The number of halogens is 1. The number of benzene rings is 2. The molecule has 3 rings (SSSR count). The molecule has 1 aromatic heterocycles. The number of ether oxygens (including phenoxy) is 1. The number of para-hydroxylation sites is 1. The smallest absolute Gasteiger partial charge is 0.332 e. The van der Waals surface area contributed by atoms with Gasteiger partial charge in [-0.1, -0.05) is 29.8 Å². The van der Waals surface area contributed by atoms with E-state index in [0.717, 1.165) is 0 Å². The second-order valence-corrected chi connectivity index (χ2v) is 6.78. The van der Waals surface area contributed by atoms with Gasteiger partial charge >= 0.3 is 6.03 Å². The molecule has 0 saturated heterocycles. The van der Waals surface area contributed by atoms with Gasteiger partial charge in [0.2, 0.25) is 5.95 Å². The first-order valence-corrected chi connectivity index (χ1v) is 9.45. The number of methoxy groups -OCH3 is 1. The Morgan fingerprint density at radius 1 is 1.14 bits per heavy atom. The molecule has 2 aromatic carbocycles. The third-order valence-electron chi connectivity index (χ3n) is 3.98. The molecule has 0 aliphatic carbocycles. The Morgan fingerprint density at radius 3 is 2.55 bits per heavy atom. The normalized spacial score (nSPS) is 11.6. The van der Waals surface area contributed by atoms with Crippen LogP contribution in [0.1, 0.15) is 6.92 Å². The summed E-state index contributed by atoms with van der Waals surface area (Å²) < 4.78 is 5.13. The Kier molecular flexibility index (Phi) is 6.99. The van der Waals surface area contributed by atoms with Crippen LogP contribution >= 0.6 is 11.6 Å². The zero-order chi connectivity index (χ0) is 20.6. The molecule has 1 heterocycles. The minimum atomic E-state index is -0.354. The summed E-state index contributed by atoms with van der Waals surface area (Å²) in [6.45, 7) is 2.47. The summed E-state index contributed by atoms with van der Waals surface area (Å²) in [6, 6.07) is 17.5. The van der Waals surface area contributed by atoms with E-state index in [1.807, 2.05) is 37.3 Å². The maximum Gasteiger partial charge on any atom is 0.332 e. The van der Waals surface area contributed by atoms with Gasteiger partial charge in [0.15, 0.2) is 0 Å². The second-order valence-electron chi connectivity index (χ2n) is 6.35. The van der Waals surface area contributed by atoms with E-state index in [2.05, 4.69) is 20.6 Å². The molecule has 0 fully saturated rings. The summed E-state index contributed by atoms with van der Waals surface area (Å²) in [4.78, 5) is 23.4. The molecule has 0 aliphatic rings. The summed E-state index contributed by atoms with van der Waals surface area (Å²) in [5.41, 5.74) is 1.30. The average molecular weight is 412 g/mol. The Morgan fingerprint density at radius 2 is 1.86 bits per heavy atom. The monoisotopic (exact) mass is 411 g/mol. The van der Waals surface area contributed by atoms with Crippen LogP contribution in [0.2, 0.25) is 5.02 Å². The minimum Gasteiger partial charge on any atom is -0.383 e. The number of amides is 2. The van der Waals surface area contributed by atoms with Crippen molar-refractivity contribution in [1.82, 2.24) is 9.97 Å². The third-order valence-corrected chi connectivity index (χ3v) is 4.23. The highest BCUT2D eigenvalue weighted by atomic mass is 35.5. The lowest BCUT2D eigenvalue weighted by Crippen LogP contribution is -2.32. The van der Waals surface area contributed by atoms with Gasteiger partial charge in [-0.05, 0) is 43.3 Å². The lowest BCUT2D eigenvalue weighted by Gasteiger charge is -2.23. The van der Waals surface area contributed by atoms with Gasteiger partial charge in [0.05, 0.1) is 12.3 Å². The van der Waals surface area contributed by atoms with E-state index >= 15 is 0 Å². The molecular weight excluding hydrogens is 390 g/mol. The molecular formula is C21H22ClN5O2. The molecule has 0 radical (unpaired) electrons. The first kappa shape index (κ1) is 20.6. The lowest BCUT2D eigenvalue weighted by atomic mass is 10.3. The molecule has 0 spiro atoms. The number of hydrogen-bond acceptors (Lipinski definition) is 5. The van der Waals surface area contributed by atoms with E-state index in [0.29, 0.717) is 34.8 Å². The van der Waals surface area contributed by atoms with Crippen molar-refractivity contribution in [3.8, 4) is 0 Å². The minimum absolute atomic E-state index is 0.0170. The van der Waals surface area contributed by atoms with E-state index in [1.54, 1.807) is 43.6 Å². The van der Waals surface area contributed by atoms with Crippen LogP contribution < -0.4 is 15.5 Å². The van der Waals surface area contributed by atoms with Crippen LogP contribution in [-0.2, 0) is 4.74 Å². The topological polar surface area (TPSA) is 79.4 Å². The van der Waals surface area contributed by atoms with Crippen LogP contribution in [0, 0.1) is 0 Å². The predicted octanol–water partition coefficient (Wildman–Crippen LogP) is 4.95. The Balaban J connectivity index is 1.90. The molecule has 0 saturated carbocycles. The van der Waals surface area contributed by atoms with Crippen LogP contribution in [0.3, 0.4) is 0 Å².